The maximum Gasteiger partial charge on any atom is 0.257 e. The quantitative estimate of drug-likeness (QED) is 0.776. The average molecular weight is 338 g/mol. The van der Waals surface area contributed by atoms with E-state index in [4.69, 9.17) is 4.74 Å². The predicted molar refractivity (Wildman–Crippen MR) is 99.3 cm³/mol. The summed E-state index contributed by atoms with van der Waals surface area (Å²) in [5, 5.41) is 5.31. The highest BCUT2D eigenvalue weighted by molar-refractivity contribution is 5.91. The number of likely N-dealkylation sites (N-methyl/N-ethyl adjacent to an activating group) is 1. The summed E-state index contributed by atoms with van der Waals surface area (Å²) in [5.41, 5.74) is 1.76. The van der Waals surface area contributed by atoms with Crippen molar-refractivity contribution in [3.05, 3.63) is 66.2 Å². The van der Waals surface area contributed by atoms with E-state index in [9.17, 15) is 9.59 Å². The standard InChI is InChI=1S/C20H22N2O3/c1-21-20(24)15-25-18-12-7-11-17(14-18)22-19(23)13-6-5-10-16-8-3-2-4-9-16/h2-5,7-12,14H,6,13,15H2,1H3,(H,21,24)(H,22,23). The smallest absolute Gasteiger partial charge is 0.257 e. The van der Waals surface area contributed by atoms with Crippen molar-refractivity contribution >= 4 is 23.6 Å². The normalized spacial score (nSPS) is 10.4. The number of ether oxygens (including phenoxy) is 1. The summed E-state index contributed by atoms with van der Waals surface area (Å²) in [4.78, 5) is 23.2. The molecular formula is C20H22N2O3. The van der Waals surface area contributed by atoms with E-state index < -0.39 is 0 Å². The highest BCUT2D eigenvalue weighted by Gasteiger charge is 2.04. The molecule has 5 heteroatoms. The lowest BCUT2D eigenvalue weighted by Crippen LogP contribution is -2.24. The maximum atomic E-state index is 12.0. The SMILES string of the molecule is CNC(=O)COc1cccc(NC(=O)CCC=Cc2ccccc2)c1. The van der Waals surface area contributed by atoms with Crippen LogP contribution in [0.25, 0.3) is 6.08 Å². The van der Waals surface area contributed by atoms with E-state index in [2.05, 4.69) is 10.6 Å². The van der Waals surface area contributed by atoms with Crippen LogP contribution in [0.15, 0.2) is 60.7 Å². The number of amides is 2. The van der Waals surface area contributed by atoms with Gasteiger partial charge in [0.15, 0.2) is 6.61 Å². The molecule has 130 valence electrons. The number of hydrogen-bond acceptors (Lipinski definition) is 3. The second-order valence-electron chi connectivity index (χ2n) is 5.39. The van der Waals surface area contributed by atoms with E-state index in [1.807, 2.05) is 42.5 Å². The number of rotatable bonds is 8. The van der Waals surface area contributed by atoms with Gasteiger partial charge in [-0.05, 0) is 24.1 Å². The Bertz CT molecular complexity index is 727. The summed E-state index contributed by atoms with van der Waals surface area (Å²) in [5.74, 6) is 0.256. The molecule has 0 aliphatic carbocycles. The zero-order valence-corrected chi connectivity index (χ0v) is 14.2. The molecule has 0 aliphatic rings. The number of benzene rings is 2. The van der Waals surface area contributed by atoms with Gasteiger partial charge in [0.05, 0.1) is 0 Å². The van der Waals surface area contributed by atoms with Crippen molar-refractivity contribution in [2.24, 2.45) is 0 Å². The van der Waals surface area contributed by atoms with Crippen LogP contribution in [0.4, 0.5) is 5.69 Å². The molecule has 0 aliphatic heterocycles. The molecule has 2 N–H and O–H groups in total. The van der Waals surface area contributed by atoms with Gasteiger partial charge in [0.2, 0.25) is 5.91 Å². The molecule has 2 aromatic carbocycles. The first-order chi connectivity index (χ1) is 12.2. The van der Waals surface area contributed by atoms with E-state index in [0.717, 1.165) is 5.56 Å². The second-order valence-corrected chi connectivity index (χ2v) is 5.39. The number of carbonyl (C=O) groups excluding carboxylic acids is 2. The maximum absolute atomic E-state index is 12.0. The third kappa shape index (κ3) is 6.91. The van der Waals surface area contributed by atoms with Crippen molar-refractivity contribution in [1.82, 2.24) is 5.32 Å². The molecule has 0 saturated carbocycles. The van der Waals surface area contributed by atoms with Crippen LogP contribution in [0.3, 0.4) is 0 Å². The van der Waals surface area contributed by atoms with E-state index in [1.54, 1.807) is 31.3 Å². The van der Waals surface area contributed by atoms with Crippen molar-refractivity contribution in [3.63, 3.8) is 0 Å². The van der Waals surface area contributed by atoms with Crippen LogP contribution < -0.4 is 15.4 Å². The lowest BCUT2D eigenvalue weighted by Gasteiger charge is -2.08. The van der Waals surface area contributed by atoms with Gasteiger partial charge in [-0.25, -0.2) is 0 Å². The first kappa shape index (κ1) is 18.3. The molecule has 2 rings (SSSR count). The fourth-order valence-electron chi connectivity index (χ4n) is 2.11. The number of allylic oxidation sites excluding steroid dienone is 1. The Labute approximate surface area is 147 Å². The lowest BCUT2D eigenvalue weighted by atomic mass is 10.2. The number of anilines is 1. The molecule has 0 bridgehead atoms. The Kier molecular flexibility index (Phi) is 7.25. The van der Waals surface area contributed by atoms with Crippen molar-refractivity contribution in [3.8, 4) is 5.75 Å². The summed E-state index contributed by atoms with van der Waals surface area (Å²) in [6, 6.07) is 16.9. The van der Waals surface area contributed by atoms with E-state index >= 15 is 0 Å². The Morgan fingerprint density at radius 3 is 2.60 bits per heavy atom. The molecule has 0 saturated heterocycles. The molecule has 2 amide bonds. The third-order valence-corrected chi connectivity index (χ3v) is 3.41. The molecule has 0 heterocycles. The predicted octanol–water partition coefficient (Wildman–Crippen LogP) is 3.24. The molecule has 0 unspecified atom stereocenters. The van der Waals surface area contributed by atoms with Crippen molar-refractivity contribution in [1.29, 1.82) is 0 Å². The Hall–Kier alpha value is -3.08. The summed E-state index contributed by atoms with van der Waals surface area (Å²) in [7, 11) is 1.55. The van der Waals surface area contributed by atoms with Gasteiger partial charge in [0.25, 0.3) is 5.91 Å². The van der Waals surface area contributed by atoms with Gasteiger partial charge >= 0.3 is 0 Å². The van der Waals surface area contributed by atoms with Crippen molar-refractivity contribution in [2.75, 3.05) is 19.0 Å². The van der Waals surface area contributed by atoms with Crippen LogP contribution in [0.2, 0.25) is 0 Å². The Morgan fingerprint density at radius 2 is 1.84 bits per heavy atom. The molecular weight excluding hydrogens is 316 g/mol. The number of carbonyl (C=O) groups is 2. The van der Waals surface area contributed by atoms with Crippen molar-refractivity contribution < 1.29 is 14.3 Å². The monoisotopic (exact) mass is 338 g/mol. The van der Waals surface area contributed by atoms with Crippen LogP contribution in [0.1, 0.15) is 18.4 Å². The fraction of sp³-hybridized carbons (Fsp3) is 0.200. The van der Waals surface area contributed by atoms with Crippen molar-refractivity contribution in [2.45, 2.75) is 12.8 Å². The molecule has 2 aromatic rings. The largest absolute Gasteiger partial charge is 0.484 e. The lowest BCUT2D eigenvalue weighted by molar-refractivity contribution is -0.122. The topological polar surface area (TPSA) is 67.4 Å². The molecule has 0 aromatic heterocycles. The molecule has 5 nitrogen and oxygen atoms in total. The first-order valence-corrected chi connectivity index (χ1v) is 8.12. The Morgan fingerprint density at radius 1 is 1.04 bits per heavy atom. The second kappa shape index (κ2) is 9.93. The van der Waals surface area contributed by atoms with Gasteiger partial charge in [-0.1, -0.05) is 48.6 Å². The number of nitrogens with one attached hydrogen (secondary N) is 2. The third-order valence-electron chi connectivity index (χ3n) is 3.41. The summed E-state index contributed by atoms with van der Waals surface area (Å²) >= 11 is 0. The van der Waals surface area contributed by atoms with Gasteiger partial charge in [0.1, 0.15) is 5.75 Å². The number of hydrogen-bond donors (Lipinski definition) is 2. The zero-order chi connectivity index (χ0) is 17.9. The molecule has 25 heavy (non-hydrogen) atoms. The van der Waals surface area contributed by atoms with Crippen LogP contribution >= 0.6 is 0 Å². The summed E-state index contributed by atoms with van der Waals surface area (Å²) in [6.07, 6.45) is 5.04. The minimum Gasteiger partial charge on any atom is -0.484 e. The van der Waals surface area contributed by atoms with Crippen LogP contribution in [0.5, 0.6) is 5.75 Å². The molecule has 0 atom stereocenters. The van der Waals surface area contributed by atoms with Crippen LogP contribution in [-0.2, 0) is 9.59 Å². The zero-order valence-electron chi connectivity index (χ0n) is 14.2. The van der Waals surface area contributed by atoms with Crippen LogP contribution in [-0.4, -0.2) is 25.5 Å². The molecule has 0 fully saturated rings. The minimum atomic E-state index is -0.209. The van der Waals surface area contributed by atoms with Gasteiger partial charge in [-0.15, -0.1) is 0 Å². The van der Waals surface area contributed by atoms with E-state index in [0.29, 0.717) is 24.3 Å². The Balaban J connectivity index is 1.78. The minimum absolute atomic E-state index is 0.0574. The fourth-order valence-corrected chi connectivity index (χ4v) is 2.11. The van der Waals surface area contributed by atoms with E-state index in [-0.39, 0.29) is 18.4 Å². The summed E-state index contributed by atoms with van der Waals surface area (Å²) < 4.78 is 5.35. The van der Waals surface area contributed by atoms with Gasteiger partial charge < -0.3 is 15.4 Å². The van der Waals surface area contributed by atoms with Gasteiger partial charge in [0, 0.05) is 25.2 Å². The molecule has 0 spiro atoms. The van der Waals surface area contributed by atoms with Gasteiger partial charge in [-0.3, -0.25) is 9.59 Å². The highest BCUT2D eigenvalue weighted by Crippen LogP contribution is 2.17. The molecule has 0 radical (unpaired) electrons. The van der Waals surface area contributed by atoms with Crippen LogP contribution in [0, 0.1) is 0 Å². The van der Waals surface area contributed by atoms with Gasteiger partial charge in [-0.2, -0.15) is 0 Å². The first-order valence-electron chi connectivity index (χ1n) is 8.12. The highest BCUT2D eigenvalue weighted by atomic mass is 16.5. The average Bonchev–Trinajstić information content (AvgIpc) is 2.64. The summed E-state index contributed by atoms with van der Waals surface area (Å²) in [6.45, 7) is -0.0574. The van der Waals surface area contributed by atoms with E-state index in [1.165, 1.54) is 0 Å².